The summed E-state index contributed by atoms with van der Waals surface area (Å²) in [6, 6.07) is 0. The van der Waals surface area contributed by atoms with Crippen LogP contribution in [0.3, 0.4) is 0 Å². The molecule has 2 rings (SSSR count). The third-order valence-electron chi connectivity index (χ3n) is 2.14. The number of hydrogen-bond acceptors (Lipinski definition) is 2. The summed E-state index contributed by atoms with van der Waals surface area (Å²) in [5, 5.41) is 0. The molecule has 0 bridgehead atoms. The summed E-state index contributed by atoms with van der Waals surface area (Å²) >= 11 is 1.86. The van der Waals surface area contributed by atoms with Crippen LogP contribution in [0.15, 0.2) is 0 Å². The van der Waals surface area contributed by atoms with Crippen molar-refractivity contribution in [1.82, 2.24) is 0 Å². The molecule has 2 heteroatoms. The Morgan fingerprint density at radius 2 is 2.09 bits per heavy atom. The lowest BCUT2D eigenvalue weighted by Crippen LogP contribution is -2.07. The van der Waals surface area contributed by atoms with Gasteiger partial charge in [0.2, 0.25) is 0 Å². The highest BCUT2D eigenvalue weighted by atomic mass is 32.1. The third kappa shape index (κ3) is 1.06. The van der Waals surface area contributed by atoms with E-state index < -0.39 is 0 Å². The Kier molecular flexibility index (Phi) is 1.64. The van der Waals surface area contributed by atoms with Gasteiger partial charge in [0.15, 0.2) is 0 Å². The van der Waals surface area contributed by atoms with Gasteiger partial charge in [0.1, 0.15) is 5.75 Å². The van der Waals surface area contributed by atoms with Crippen molar-refractivity contribution in [2.45, 2.75) is 26.7 Å². The highest BCUT2D eigenvalue weighted by Gasteiger charge is 2.17. The summed E-state index contributed by atoms with van der Waals surface area (Å²) in [6.45, 7) is 5.23. The summed E-state index contributed by atoms with van der Waals surface area (Å²) in [5.41, 5.74) is 1.46. The molecule has 1 aromatic rings. The molecule has 1 aromatic heterocycles. The quantitative estimate of drug-likeness (QED) is 0.578. The van der Waals surface area contributed by atoms with Crippen LogP contribution in [0.25, 0.3) is 0 Å². The van der Waals surface area contributed by atoms with Gasteiger partial charge in [-0.2, -0.15) is 0 Å². The molecule has 1 nitrogen and oxygen atoms in total. The molecule has 60 valence electrons. The summed E-state index contributed by atoms with van der Waals surface area (Å²) in [4.78, 5) is 2.79. The number of rotatable bonds is 0. The van der Waals surface area contributed by atoms with Crippen molar-refractivity contribution >= 4 is 11.3 Å². The Hall–Kier alpha value is -0.500. The van der Waals surface area contributed by atoms with Crippen LogP contribution in [0.5, 0.6) is 5.75 Å². The van der Waals surface area contributed by atoms with Gasteiger partial charge in [-0.15, -0.1) is 11.3 Å². The maximum Gasteiger partial charge on any atom is 0.136 e. The number of thiophene rings is 1. The monoisotopic (exact) mass is 168 g/mol. The molecule has 0 aliphatic carbocycles. The van der Waals surface area contributed by atoms with Crippen molar-refractivity contribution in [2.24, 2.45) is 0 Å². The first-order chi connectivity index (χ1) is 5.29. The van der Waals surface area contributed by atoms with Crippen LogP contribution in [0, 0.1) is 13.8 Å². The number of ether oxygens (including phenoxy) is 1. The van der Waals surface area contributed by atoms with Gasteiger partial charge >= 0.3 is 0 Å². The van der Waals surface area contributed by atoms with Crippen LogP contribution in [0.2, 0.25) is 0 Å². The molecule has 0 amide bonds. The average molecular weight is 168 g/mol. The van der Waals surface area contributed by atoms with E-state index in [0.717, 1.165) is 6.61 Å². The van der Waals surface area contributed by atoms with E-state index in [9.17, 15) is 0 Å². The molecule has 0 N–H and O–H groups in total. The van der Waals surface area contributed by atoms with E-state index in [0.29, 0.717) is 0 Å². The number of fused-ring (bicyclic) bond motifs is 1. The van der Waals surface area contributed by atoms with Gasteiger partial charge in [-0.05, 0) is 26.7 Å². The fraction of sp³-hybridized carbons (Fsp3) is 0.556. The summed E-state index contributed by atoms with van der Waals surface area (Å²) in [6.07, 6.45) is 2.40. The van der Waals surface area contributed by atoms with Crippen molar-refractivity contribution in [2.75, 3.05) is 6.61 Å². The summed E-state index contributed by atoms with van der Waals surface area (Å²) in [5.74, 6) is 1.18. The second-order valence-electron chi connectivity index (χ2n) is 2.97. The molecular formula is C9H12OS. The second-order valence-corrected chi connectivity index (χ2v) is 4.40. The maximum atomic E-state index is 5.59. The molecule has 0 radical (unpaired) electrons. The van der Waals surface area contributed by atoms with E-state index in [2.05, 4.69) is 13.8 Å². The Balaban J connectivity index is 2.52. The lowest BCUT2D eigenvalue weighted by atomic mass is 10.1. The smallest absolute Gasteiger partial charge is 0.136 e. The summed E-state index contributed by atoms with van der Waals surface area (Å²) in [7, 11) is 0. The van der Waals surface area contributed by atoms with Gasteiger partial charge in [-0.3, -0.25) is 0 Å². The molecule has 0 saturated carbocycles. The molecule has 0 saturated heterocycles. The normalized spacial score (nSPS) is 15.8. The van der Waals surface area contributed by atoms with Gasteiger partial charge in [-0.1, -0.05) is 0 Å². The average Bonchev–Trinajstić information content (AvgIpc) is 2.30. The minimum absolute atomic E-state index is 0.907. The molecule has 1 aliphatic heterocycles. The minimum Gasteiger partial charge on any atom is -0.492 e. The van der Waals surface area contributed by atoms with E-state index in [-0.39, 0.29) is 0 Å². The first-order valence-corrected chi connectivity index (χ1v) is 4.82. The predicted octanol–water partition coefficient (Wildman–Crippen LogP) is 2.69. The van der Waals surface area contributed by atoms with E-state index in [4.69, 9.17) is 4.74 Å². The zero-order valence-electron chi connectivity index (χ0n) is 6.94. The van der Waals surface area contributed by atoms with Crippen LogP contribution in [-0.4, -0.2) is 6.61 Å². The highest BCUT2D eigenvalue weighted by molar-refractivity contribution is 7.12. The molecule has 0 spiro atoms. The molecule has 11 heavy (non-hydrogen) atoms. The first kappa shape index (κ1) is 7.17. The lowest BCUT2D eigenvalue weighted by molar-refractivity contribution is 0.288. The molecule has 2 heterocycles. The maximum absolute atomic E-state index is 5.59. The van der Waals surface area contributed by atoms with Crippen molar-refractivity contribution < 1.29 is 4.74 Å². The van der Waals surface area contributed by atoms with Crippen molar-refractivity contribution in [3.63, 3.8) is 0 Å². The number of aryl methyl sites for hydroxylation is 2. The van der Waals surface area contributed by atoms with Crippen molar-refractivity contribution in [3.05, 3.63) is 15.3 Å². The zero-order valence-corrected chi connectivity index (χ0v) is 7.75. The Morgan fingerprint density at radius 1 is 1.27 bits per heavy atom. The van der Waals surface area contributed by atoms with Gasteiger partial charge in [0, 0.05) is 15.3 Å². The lowest BCUT2D eigenvalue weighted by Gasteiger charge is -2.14. The summed E-state index contributed by atoms with van der Waals surface area (Å²) < 4.78 is 5.59. The van der Waals surface area contributed by atoms with E-state index in [1.165, 1.54) is 33.9 Å². The van der Waals surface area contributed by atoms with Gasteiger partial charge in [-0.25, -0.2) is 0 Å². The molecule has 0 unspecified atom stereocenters. The van der Waals surface area contributed by atoms with E-state index in [1.54, 1.807) is 0 Å². The Labute approximate surface area is 71.0 Å². The second kappa shape index (κ2) is 2.52. The Morgan fingerprint density at radius 3 is 2.82 bits per heavy atom. The molecule has 1 aliphatic rings. The number of hydrogen-bond donors (Lipinski definition) is 0. The zero-order chi connectivity index (χ0) is 7.84. The highest BCUT2D eigenvalue weighted by Crippen LogP contribution is 2.37. The first-order valence-electron chi connectivity index (χ1n) is 4.00. The van der Waals surface area contributed by atoms with Crippen LogP contribution in [0.1, 0.15) is 21.7 Å². The van der Waals surface area contributed by atoms with Crippen LogP contribution in [0.4, 0.5) is 0 Å². The minimum atomic E-state index is 0.907. The van der Waals surface area contributed by atoms with Crippen molar-refractivity contribution in [3.8, 4) is 5.75 Å². The fourth-order valence-electron chi connectivity index (χ4n) is 1.61. The largest absolute Gasteiger partial charge is 0.492 e. The van der Waals surface area contributed by atoms with Crippen LogP contribution < -0.4 is 4.74 Å². The molecule has 0 fully saturated rings. The van der Waals surface area contributed by atoms with Gasteiger partial charge in [0.05, 0.1) is 6.61 Å². The SMILES string of the molecule is Cc1sc(C)c2c1CCCO2. The van der Waals surface area contributed by atoms with E-state index in [1.807, 2.05) is 11.3 Å². The van der Waals surface area contributed by atoms with Crippen molar-refractivity contribution in [1.29, 1.82) is 0 Å². The van der Waals surface area contributed by atoms with Gasteiger partial charge in [0.25, 0.3) is 0 Å². The van der Waals surface area contributed by atoms with Gasteiger partial charge < -0.3 is 4.74 Å². The van der Waals surface area contributed by atoms with E-state index >= 15 is 0 Å². The molecular weight excluding hydrogens is 156 g/mol. The van der Waals surface area contributed by atoms with Crippen LogP contribution in [-0.2, 0) is 6.42 Å². The fourth-order valence-corrected chi connectivity index (χ4v) is 2.66. The third-order valence-corrected chi connectivity index (χ3v) is 3.19. The molecule has 0 atom stereocenters. The molecule has 0 aromatic carbocycles. The Bertz CT molecular complexity index is 249. The standard InChI is InChI=1S/C9H12OS/c1-6-8-4-3-5-10-9(8)7(2)11-6/h3-5H2,1-2H3. The topological polar surface area (TPSA) is 9.23 Å². The van der Waals surface area contributed by atoms with Crippen LogP contribution >= 0.6 is 11.3 Å². The predicted molar refractivity (Wildman–Crippen MR) is 47.6 cm³/mol.